The number of hydrogen-bond acceptors (Lipinski definition) is 4. The number of halogens is 3. The zero-order valence-electron chi connectivity index (χ0n) is 17.8. The van der Waals surface area contributed by atoms with Gasteiger partial charge in [-0.05, 0) is 61.9 Å². The highest BCUT2D eigenvalue weighted by atomic mass is 19.4. The quantitative estimate of drug-likeness (QED) is 0.620. The molecule has 1 amide bonds. The molecular formula is C22H33F3N2O3. The fourth-order valence-electron chi connectivity index (χ4n) is 3.95. The van der Waals surface area contributed by atoms with Crippen LogP contribution in [0.15, 0.2) is 24.3 Å². The molecule has 0 heterocycles. The van der Waals surface area contributed by atoms with Crippen LogP contribution in [-0.4, -0.2) is 60.8 Å². The predicted octanol–water partition coefficient (Wildman–Crippen LogP) is 4.65. The number of carbonyl (C=O) groups excluding carboxylic acids is 1. The van der Waals surface area contributed by atoms with E-state index in [0.29, 0.717) is 18.4 Å². The van der Waals surface area contributed by atoms with Gasteiger partial charge in [0.15, 0.2) is 0 Å². The molecule has 1 saturated carbocycles. The van der Waals surface area contributed by atoms with Crippen molar-refractivity contribution in [1.82, 2.24) is 9.80 Å². The largest absolute Gasteiger partial charge is 0.416 e. The Morgan fingerprint density at radius 1 is 1.10 bits per heavy atom. The SMILES string of the molecule is CCN(CCO)C[C@H]1CC[C@H](CCN(C)C(=O)Oc2ccc(C(F)(F)F)cc2)CC1. The second-order valence-corrected chi connectivity index (χ2v) is 8.10. The summed E-state index contributed by atoms with van der Waals surface area (Å²) in [5.74, 6) is 1.33. The highest BCUT2D eigenvalue weighted by molar-refractivity contribution is 5.70. The van der Waals surface area contributed by atoms with Gasteiger partial charge in [-0.1, -0.05) is 19.8 Å². The molecule has 0 atom stereocenters. The first kappa shape index (κ1) is 24.5. The number of rotatable bonds is 9. The number of ether oxygens (including phenoxy) is 1. The van der Waals surface area contributed by atoms with Crippen molar-refractivity contribution in [2.45, 2.75) is 45.2 Å². The van der Waals surface area contributed by atoms with Gasteiger partial charge in [-0.3, -0.25) is 0 Å². The molecule has 0 spiro atoms. The van der Waals surface area contributed by atoms with Crippen LogP contribution in [0.5, 0.6) is 5.75 Å². The molecule has 5 nitrogen and oxygen atoms in total. The number of likely N-dealkylation sites (N-methyl/N-ethyl adjacent to an activating group) is 1. The van der Waals surface area contributed by atoms with E-state index in [-0.39, 0.29) is 12.4 Å². The second-order valence-electron chi connectivity index (χ2n) is 8.10. The Balaban J connectivity index is 1.70. The molecule has 1 N–H and O–H groups in total. The summed E-state index contributed by atoms with van der Waals surface area (Å²) in [6, 6.07) is 4.13. The minimum absolute atomic E-state index is 0.101. The molecule has 2 rings (SSSR count). The van der Waals surface area contributed by atoms with Crippen molar-refractivity contribution in [3.05, 3.63) is 29.8 Å². The van der Waals surface area contributed by atoms with Crippen molar-refractivity contribution < 1.29 is 27.8 Å². The number of aliphatic hydroxyl groups is 1. The third kappa shape index (κ3) is 7.80. The lowest BCUT2D eigenvalue weighted by molar-refractivity contribution is -0.137. The molecule has 8 heteroatoms. The molecule has 1 aliphatic carbocycles. The molecule has 0 aromatic heterocycles. The van der Waals surface area contributed by atoms with E-state index in [2.05, 4.69) is 11.8 Å². The summed E-state index contributed by atoms with van der Waals surface area (Å²) in [5.41, 5.74) is -0.773. The van der Waals surface area contributed by atoms with E-state index in [0.717, 1.165) is 76.0 Å². The number of benzene rings is 1. The molecule has 0 saturated heterocycles. The van der Waals surface area contributed by atoms with Gasteiger partial charge in [0.25, 0.3) is 0 Å². The lowest BCUT2D eigenvalue weighted by Crippen LogP contribution is -2.34. The van der Waals surface area contributed by atoms with E-state index in [1.807, 2.05) is 0 Å². The van der Waals surface area contributed by atoms with Crippen molar-refractivity contribution in [2.24, 2.45) is 11.8 Å². The normalized spacial score (nSPS) is 19.7. The summed E-state index contributed by atoms with van der Waals surface area (Å²) in [7, 11) is 1.64. The van der Waals surface area contributed by atoms with E-state index >= 15 is 0 Å². The zero-order valence-corrected chi connectivity index (χ0v) is 17.8. The summed E-state index contributed by atoms with van der Waals surface area (Å²) in [6.45, 7) is 5.57. The molecule has 30 heavy (non-hydrogen) atoms. The van der Waals surface area contributed by atoms with Gasteiger partial charge >= 0.3 is 12.3 Å². The van der Waals surface area contributed by atoms with Gasteiger partial charge in [-0.2, -0.15) is 13.2 Å². The van der Waals surface area contributed by atoms with Gasteiger partial charge in [-0.15, -0.1) is 0 Å². The van der Waals surface area contributed by atoms with Crippen LogP contribution in [-0.2, 0) is 6.18 Å². The molecule has 1 aromatic rings. The highest BCUT2D eigenvalue weighted by Gasteiger charge is 2.30. The van der Waals surface area contributed by atoms with Crippen LogP contribution >= 0.6 is 0 Å². The third-order valence-corrected chi connectivity index (χ3v) is 5.92. The highest BCUT2D eigenvalue weighted by Crippen LogP contribution is 2.32. The number of carbonyl (C=O) groups is 1. The first-order valence-electron chi connectivity index (χ1n) is 10.7. The Bertz CT molecular complexity index is 644. The minimum Gasteiger partial charge on any atom is -0.410 e. The van der Waals surface area contributed by atoms with Gasteiger partial charge in [0.05, 0.1) is 12.2 Å². The van der Waals surface area contributed by atoms with Crippen LogP contribution in [0.3, 0.4) is 0 Å². The Morgan fingerprint density at radius 2 is 1.70 bits per heavy atom. The Kier molecular flexibility index (Phi) is 9.42. The van der Waals surface area contributed by atoms with Crippen LogP contribution < -0.4 is 4.74 Å². The van der Waals surface area contributed by atoms with Crippen LogP contribution in [0.25, 0.3) is 0 Å². The summed E-state index contributed by atoms with van der Waals surface area (Å²) >= 11 is 0. The number of hydrogen-bond donors (Lipinski definition) is 1. The van der Waals surface area contributed by atoms with Crippen molar-refractivity contribution in [3.8, 4) is 5.75 Å². The van der Waals surface area contributed by atoms with Crippen molar-refractivity contribution in [3.63, 3.8) is 0 Å². The smallest absolute Gasteiger partial charge is 0.410 e. The standard InChI is InChI=1S/C22H33F3N2O3/c1-3-27(14-15-28)16-18-6-4-17(5-7-18)12-13-26(2)21(29)30-20-10-8-19(9-11-20)22(23,24)25/h8-11,17-18,28H,3-7,12-16H2,1-2H3/t17-,18-. The summed E-state index contributed by atoms with van der Waals surface area (Å²) in [6.07, 6.45) is 0.488. The third-order valence-electron chi connectivity index (χ3n) is 5.92. The van der Waals surface area contributed by atoms with E-state index in [1.54, 1.807) is 7.05 Å². The lowest BCUT2D eigenvalue weighted by atomic mass is 9.80. The number of amides is 1. The maximum Gasteiger partial charge on any atom is 0.416 e. The number of aliphatic hydroxyl groups excluding tert-OH is 1. The fourth-order valence-corrected chi connectivity index (χ4v) is 3.95. The lowest BCUT2D eigenvalue weighted by Gasteiger charge is -2.32. The Hall–Kier alpha value is -1.80. The molecule has 170 valence electrons. The van der Waals surface area contributed by atoms with E-state index in [4.69, 9.17) is 9.84 Å². The monoisotopic (exact) mass is 430 g/mol. The van der Waals surface area contributed by atoms with Crippen molar-refractivity contribution in [1.29, 1.82) is 0 Å². The predicted molar refractivity (Wildman–Crippen MR) is 109 cm³/mol. The second kappa shape index (κ2) is 11.6. The van der Waals surface area contributed by atoms with Crippen LogP contribution in [0.4, 0.5) is 18.0 Å². The van der Waals surface area contributed by atoms with Gasteiger partial charge in [0.2, 0.25) is 0 Å². The van der Waals surface area contributed by atoms with Gasteiger partial charge in [-0.25, -0.2) is 4.79 Å². The summed E-state index contributed by atoms with van der Waals surface area (Å²) in [4.78, 5) is 16.0. The average molecular weight is 431 g/mol. The maximum absolute atomic E-state index is 12.6. The summed E-state index contributed by atoms with van der Waals surface area (Å²) < 4.78 is 43.0. The molecule has 0 bridgehead atoms. The molecular weight excluding hydrogens is 397 g/mol. The average Bonchev–Trinajstić information content (AvgIpc) is 2.72. The number of alkyl halides is 3. The van der Waals surface area contributed by atoms with Crippen LogP contribution in [0, 0.1) is 11.8 Å². The van der Waals surface area contributed by atoms with Crippen molar-refractivity contribution in [2.75, 3.05) is 39.8 Å². The van der Waals surface area contributed by atoms with E-state index in [9.17, 15) is 18.0 Å². The Morgan fingerprint density at radius 3 is 2.23 bits per heavy atom. The minimum atomic E-state index is -4.41. The molecule has 1 aromatic carbocycles. The topological polar surface area (TPSA) is 53.0 Å². The molecule has 1 fully saturated rings. The van der Waals surface area contributed by atoms with Crippen LogP contribution in [0.2, 0.25) is 0 Å². The Labute approximate surface area is 176 Å². The number of nitrogens with zero attached hydrogens (tertiary/aromatic N) is 2. The molecule has 1 aliphatic rings. The maximum atomic E-state index is 12.6. The molecule has 0 aliphatic heterocycles. The van der Waals surface area contributed by atoms with Crippen LogP contribution in [0.1, 0.15) is 44.6 Å². The molecule has 0 unspecified atom stereocenters. The van der Waals surface area contributed by atoms with Gasteiger partial charge in [0, 0.05) is 26.7 Å². The fraction of sp³-hybridized carbons (Fsp3) is 0.682. The zero-order chi connectivity index (χ0) is 22.1. The van der Waals surface area contributed by atoms with E-state index in [1.165, 1.54) is 4.90 Å². The van der Waals surface area contributed by atoms with E-state index < -0.39 is 17.8 Å². The van der Waals surface area contributed by atoms with Gasteiger partial charge < -0.3 is 19.6 Å². The molecule has 0 radical (unpaired) electrons. The first-order chi connectivity index (χ1) is 14.2. The van der Waals surface area contributed by atoms with Crippen molar-refractivity contribution >= 4 is 6.09 Å². The first-order valence-corrected chi connectivity index (χ1v) is 10.7. The van der Waals surface area contributed by atoms with Gasteiger partial charge in [0.1, 0.15) is 5.75 Å². The summed E-state index contributed by atoms with van der Waals surface area (Å²) in [5, 5.41) is 9.11.